The quantitative estimate of drug-likeness (QED) is 0.736. The van der Waals surface area contributed by atoms with Crippen molar-refractivity contribution >= 4 is 5.91 Å². The lowest BCUT2D eigenvalue weighted by Gasteiger charge is -2.21. The van der Waals surface area contributed by atoms with Gasteiger partial charge in [-0.15, -0.1) is 0 Å². The second-order valence-corrected chi connectivity index (χ2v) is 4.87. The molecular weight excluding hydrogens is 188 g/mol. The van der Waals surface area contributed by atoms with Crippen LogP contribution < -0.4 is 10.6 Å². The molecule has 0 aromatic heterocycles. The number of amides is 1. The Kier molecular flexibility index (Phi) is 5.69. The highest BCUT2D eigenvalue weighted by molar-refractivity contribution is 5.75. The van der Waals surface area contributed by atoms with Crippen LogP contribution in [0.15, 0.2) is 0 Å². The van der Waals surface area contributed by atoms with E-state index in [1.54, 1.807) is 0 Å². The summed E-state index contributed by atoms with van der Waals surface area (Å²) in [6, 6.07) is 0. The van der Waals surface area contributed by atoms with Crippen LogP contribution in [0, 0.1) is 11.8 Å². The molecule has 1 fully saturated rings. The van der Waals surface area contributed by atoms with Crippen molar-refractivity contribution in [1.82, 2.24) is 10.6 Å². The van der Waals surface area contributed by atoms with E-state index < -0.39 is 0 Å². The highest BCUT2D eigenvalue weighted by Crippen LogP contribution is 2.16. The monoisotopic (exact) mass is 211 g/mol. The first-order valence-corrected chi connectivity index (χ1v) is 6.08. The summed E-state index contributed by atoms with van der Waals surface area (Å²) in [6.07, 6.45) is 4.14. The van der Waals surface area contributed by atoms with Crippen molar-refractivity contribution in [3.8, 4) is 0 Å². The van der Waals surface area contributed by atoms with E-state index in [0.29, 0.717) is 18.3 Å². The van der Waals surface area contributed by atoms with E-state index in [9.17, 15) is 4.79 Å². The van der Waals surface area contributed by atoms with Crippen molar-refractivity contribution < 1.29 is 4.79 Å². The number of hydrogen-bond acceptors (Lipinski definition) is 1. The summed E-state index contributed by atoms with van der Waals surface area (Å²) in [4.78, 5) is 11.4. The average Bonchev–Trinajstić information content (AvgIpc) is 2.25. The molecule has 1 saturated heterocycles. The molecule has 3 nitrogen and oxygen atoms in total. The highest BCUT2D eigenvalue weighted by atomic mass is 16.1. The van der Waals surface area contributed by atoms with Crippen LogP contribution in [0.3, 0.4) is 0 Å². The molecule has 1 rings (SSSR count). The Balaban J connectivity index is 2.05. The molecule has 0 aliphatic carbocycles. The zero-order valence-electron chi connectivity index (χ0n) is 9.96. The van der Waals surface area contributed by atoms with E-state index in [0.717, 1.165) is 26.1 Å². The van der Waals surface area contributed by atoms with E-state index >= 15 is 0 Å². The highest BCUT2D eigenvalue weighted by Gasteiger charge is 2.14. The van der Waals surface area contributed by atoms with E-state index in [-0.39, 0.29) is 5.91 Å². The number of rotatable bonds is 5. The fourth-order valence-corrected chi connectivity index (χ4v) is 1.83. The summed E-state index contributed by atoms with van der Waals surface area (Å²) < 4.78 is 0. The molecule has 1 atom stereocenters. The minimum atomic E-state index is 0.203. The molecule has 0 saturated carbocycles. The van der Waals surface area contributed by atoms with Gasteiger partial charge in [0.2, 0.25) is 5.91 Å². The Morgan fingerprint density at radius 3 is 2.93 bits per heavy atom. The van der Waals surface area contributed by atoms with Gasteiger partial charge in [0.05, 0.1) is 0 Å². The third-order valence-electron chi connectivity index (χ3n) is 2.80. The van der Waals surface area contributed by atoms with Gasteiger partial charge in [-0.25, -0.2) is 5.32 Å². The van der Waals surface area contributed by atoms with Gasteiger partial charge in [-0.1, -0.05) is 13.8 Å². The van der Waals surface area contributed by atoms with Gasteiger partial charge in [-0.2, -0.15) is 0 Å². The SMILES string of the molecule is CC(C)CNC(=O)CCC1CCC[N]C1. The molecule has 0 spiro atoms. The van der Waals surface area contributed by atoms with Crippen molar-refractivity contribution in [3.05, 3.63) is 0 Å². The van der Waals surface area contributed by atoms with Crippen LogP contribution in [0.5, 0.6) is 0 Å². The van der Waals surface area contributed by atoms with Gasteiger partial charge >= 0.3 is 0 Å². The first-order valence-electron chi connectivity index (χ1n) is 6.08. The summed E-state index contributed by atoms with van der Waals surface area (Å²) >= 11 is 0. The van der Waals surface area contributed by atoms with Crippen LogP contribution in [0.4, 0.5) is 0 Å². The third kappa shape index (κ3) is 5.78. The van der Waals surface area contributed by atoms with E-state index in [2.05, 4.69) is 24.5 Å². The molecule has 87 valence electrons. The zero-order chi connectivity index (χ0) is 11.1. The number of hydrogen-bond donors (Lipinski definition) is 1. The number of carbonyl (C=O) groups is 1. The maximum Gasteiger partial charge on any atom is 0.220 e. The van der Waals surface area contributed by atoms with Gasteiger partial charge in [-0.3, -0.25) is 4.79 Å². The maximum absolute atomic E-state index is 11.4. The van der Waals surface area contributed by atoms with Crippen molar-refractivity contribution in [2.24, 2.45) is 11.8 Å². The molecule has 0 aromatic rings. The molecular formula is C12H23N2O. The minimum Gasteiger partial charge on any atom is -0.356 e. The molecule has 1 amide bonds. The lowest BCUT2D eigenvalue weighted by molar-refractivity contribution is -0.121. The van der Waals surface area contributed by atoms with Crippen molar-refractivity contribution in [2.45, 2.75) is 39.5 Å². The molecule has 1 aliphatic heterocycles. The van der Waals surface area contributed by atoms with Gasteiger partial charge in [0.15, 0.2) is 0 Å². The van der Waals surface area contributed by atoms with Crippen LogP contribution in [0.1, 0.15) is 39.5 Å². The third-order valence-corrected chi connectivity index (χ3v) is 2.80. The smallest absolute Gasteiger partial charge is 0.220 e. The summed E-state index contributed by atoms with van der Waals surface area (Å²) in [5.41, 5.74) is 0. The first kappa shape index (κ1) is 12.5. The van der Waals surface area contributed by atoms with E-state index in [1.807, 2.05) is 0 Å². The second-order valence-electron chi connectivity index (χ2n) is 4.87. The molecule has 0 aromatic carbocycles. The van der Waals surface area contributed by atoms with Gasteiger partial charge in [-0.05, 0) is 31.1 Å². The summed E-state index contributed by atoms with van der Waals surface area (Å²) in [5, 5.41) is 7.33. The molecule has 1 aliphatic rings. The van der Waals surface area contributed by atoms with Crippen LogP contribution in [0.25, 0.3) is 0 Å². The van der Waals surface area contributed by atoms with Gasteiger partial charge in [0.1, 0.15) is 0 Å². The lowest BCUT2D eigenvalue weighted by atomic mass is 9.94. The number of nitrogens with one attached hydrogen (secondary N) is 1. The fourth-order valence-electron chi connectivity index (χ4n) is 1.83. The molecule has 15 heavy (non-hydrogen) atoms. The summed E-state index contributed by atoms with van der Waals surface area (Å²) in [5.74, 6) is 1.40. The minimum absolute atomic E-state index is 0.203. The Bertz CT molecular complexity index is 186. The van der Waals surface area contributed by atoms with E-state index in [4.69, 9.17) is 0 Å². The van der Waals surface area contributed by atoms with Gasteiger partial charge < -0.3 is 5.32 Å². The Hall–Kier alpha value is -0.570. The maximum atomic E-state index is 11.4. The van der Waals surface area contributed by atoms with Crippen LogP contribution in [0.2, 0.25) is 0 Å². The normalized spacial score (nSPS) is 21.7. The first-order chi connectivity index (χ1) is 7.18. The standard InChI is InChI=1S/C12H23N2O/c1-10(2)8-14-12(15)6-5-11-4-3-7-13-9-11/h10-11H,3-9H2,1-2H3,(H,14,15). The second kappa shape index (κ2) is 6.83. The zero-order valence-corrected chi connectivity index (χ0v) is 9.96. The molecule has 1 N–H and O–H groups in total. The lowest BCUT2D eigenvalue weighted by Crippen LogP contribution is -2.29. The van der Waals surface area contributed by atoms with Crippen LogP contribution in [-0.4, -0.2) is 25.5 Å². The van der Waals surface area contributed by atoms with Gasteiger partial charge in [0.25, 0.3) is 0 Å². The average molecular weight is 211 g/mol. The van der Waals surface area contributed by atoms with Crippen LogP contribution >= 0.6 is 0 Å². The van der Waals surface area contributed by atoms with E-state index in [1.165, 1.54) is 12.8 Å². The van der Waals surface area contributed by atoms with Gasteiger partial charge in [0, 0.05) is 26.1 Å². The largest absolute Gasteiger partial charge is 0.356 e. The molecule has 0 bridgehead atoms. The fraction of sp³-hybridized carbons (Fsp3) is 0.917. The predicted octanol–water partition coefficient (Wildman–Crippen LogP) is 1.55. The van der Waals surface area contributed by atoms with Crippen molar-refractivity contribution in [2.75, 3.05) is 19.6 Å². The number of piperidine rings is 1. The Morgan fingerprint density at radius 1 is 1.53 bits per heavy atom. The van der Waals surface area contributed by atoms with Crippen LogP contribution in [-0.2, 0) is 4.79 Å². The number of nitrogens with zero attached hydrogens (tertiary/aromatic N) is 1. The Labute approximate surface area is 93.0 Å². The molecule has 1 unspecified atom stereocenters. The summed E-state index contributed by atoms with van der Waals surface area (Å²) in [6.45, 7) is 7.02. The molecule has 3 heteroatoms. The Morgan fingerprint density at radius 2 is 2.33 bits per heavy atom. The van der Waals surface area contributed by atoms with Crippen molar-refractivity contribution in [3.63, 3.8) is 0 Å². The van der Waals surface area contributed by atoms with Crippen molar-refractivity contribution in [1.29, 1.82) is 0 Å². The number of carbonyl (C=O) groups excluding carboxylic acids is 1. The molecule has 1 radical (unpaired) electrons. The topological polar surface area (TPSA) is 43.2 Å². The molecule has 1 heterocycles. The summed E-state index contributed by atoms with van der Waals surface area (Å²) in [7, 11) is 0. The predicted molar refractivity (Wildman–Crippen MR) is 61.7 cm³/mol.